The van der Waals surface area contributed by atoms with E-state index < -0.39 is 5.91 Å². The van der Waals surface area contributed by atoms with E-state index >= 15 is 0 Å². The van der Waals surface area contributed by atoms with Crippen molar-refractivity contribution >= 4 is 17.4 Å². The number of methoxy groups -OCH3 is 1. The number of hydrogen-bond acceptors (Lipinski definition) is 6. The van der Waals surface area contributed by atoms with Gasteiger partial charge in [-0.05, 0) is 18.2 Å². The Balaban J connectivity index is 0.00000208. The average molecular weight is 312 g/mol. The Bertz CT molecular complexity index is 837. The number of ether oxygens (including phenoxy) is 1. The van der Waals surface area contributed by atoms with Gasteiger partial charge in [-0.3, -0.25) is 4.79 Å². The predicted molar refractivity (Wildman–Crippen MR) is 87.2 cm³/mol. The number of anilines is 2. The number of benzene rings is 1. The van der Waals surface area contributed by atoms with Crippen LogP contribution in [0.1, 0.15) is 11.9 Å². The van der Waals surface area contributed by atoms with Gasteiger partial charge in [0.25, 0.3) is 5.91 Å². The van der Waals surface area contributed by atoms with Crippen molar-refractivity contribution in [2.24, 2.45) is 0 Å². The fourth-order valence-corrected chi connectivity index (χ4v) is 2.04. The van der Waals surface area contributed by atoms with Crippen molar-refractivity contribution in [2.45, 2.75) is 0 Å². The molecule has 1 aromatic carbocycles. The fraction of sp³-hybridized carbons (Fsp3) is 0.0625. The number of nitrogens with zero attached hydrogens (tertiary/aromatic N) is 2. The van der Waals surface area contributed by atoms with Crippen LogP contribution < -0.4 is 15.8 Å². The first-order chi connectivity index (χ1) is 11.2. The molecular formula is C16H16N4O3. The van der Waals surface area contributed by atoms with Gasteiger partial charge >= 0.3 is 0 Å². The lowest BCUT2D eigenvalue weighted by atomic mass is 10.2. The molecule has 3 rings (SSSR count). The smallest absolute Gasteiger partial charge is 0.278 e. The van der Waals surface area contributed by atoms with Crippen LogP contribution in [0.15, 0.2) is 53.5 Å². The molecular weight excluding hydrogens is 296 g/mol. The first kappa shape index (κ1) is 14.6. The number of nitrogens with one attached hydrogen (secondary N) is 1. The maximum atomic E-state index is 12.5. The van der Waals surface area contributed by atoms with Crippen molar-refractivity contribution in [3.05, 3.63) is 54.7 Å². The summed E-state index contributed by atoms with van der Waals surface area (Å²) in [6, 6.07) is 8.78. The van der Waals surface area contributed by atoms with Gasteiger partial charge in [-0.25, -0.2) is 9.97 Å². The summed E-state index contributed by atoms with van der Waals surface area (Å²) in [4.78, 5) is 20.7. The minimum absolute atomic E-state index is 0. The van der Waals surface area contributed by atoms with Gasteiger partial charge in [0.05, 0.1) is 37.2 Å². The van der Waals surface area contributed by atoms with Gasteiger partial charge in [0.1, 0.15) is 5.75 Å². The second-order valence-electron chi connectivity index (χ2n) is 4.66. The summed E-state index contributed by atoms with van der Waals surface area (Å²) in [6.07, 6.45) is 4.52. The first-order valence-electron chi connectivity index (χ1n) is 6.78. The molecule has 23 heavy (non-hydrogen) atoms. The largest absolute Gasteiger partial charge is 0.495 e. The molecule has 0 aliphatic rings. The second-order valence-corrected chi connectivity index (χ2v) is 4.66. The summed E-state index contributed by atoms with van der Waals surface area (Å²) in [7, 11) is 1.53. The molecule has 2 heterocycles. The zero-order valence-electron chi connectivity index (χ0n) is 12.3. The van der Waals surface area contributed by atoms with Crippen LogP contribution in [0.5, 0.6) is 5.75 Å². The zero-order valence-corrected chi connectivity index (χ0v) is 12.3. The van der Waals surface area contributed by atoms with Gasteiger partial charge in [0, 0.05) is 6.99 Å². The molecule has 0 saturated heterocycles. The monoisotopic (exact) mass is 312 g/mol. The van der Waals surface area contributed by atoms with Gasteiger partial charge in [-0.15, -0.1) is 0 Å². The third kappa shape index (κ3) is 2.98. The van der Waals surface area contributed by atoms with E-state index in [1.54, 1.807) is 24.3 Å². The second kappa shape index (κ2) is 6.18. The molecule has 0 spiro atoms. The van der Waals surface area contributed by atoms with Crippen LogP contribution in [0.3, 0.4) is 0 Å². The topological polar surface area (TPSA) is 103 Å². The molecule has 7 nitrogen and oxygen atoms in total. The van der Waals surface area contributed by atoms with E-state index in [-0.39, 0.29) is 12.9 Å². The molecule has 0 radical (unpaired) electrons. The number of nitrogens with two attached hydrogens (primary N) is 1. The van der Waals surface area contributed by atoms with Crippen LogP contribution >= 0.6 is 0 Å². The lowest BCUT2D eigenvalue weighted by Crippen LogP contribution is -2.17. The minimum atomic E-state index is -0.468. The summed E-state index contributed by atoms with van der Waals surface area (Å²) in [5.41, 5.74) is 7.55. The standard InChI is InChI=1S/C16H14N4O3.H2/c1-22-13-5-3-2-4-11(13)20-16(21)14-15(17)18-8-12(19-14)10-6-7-23-9-10;/h2-9H,1H3,(H2,17,18)(H,20,21);1H. The van der Waals surface area contributed by atoms with Crippen molar-refractivity contribution < 1.29 is 15.4 Å². The van der Waals surface area contributed by atoms with E-state index in [0.29, 0.717) is 22.7 Å². The van der Waals surface area contributed by atoms with Gasteiger partial charge in [-0.1, -0.05) is 12.1 Å². The van der Waals surface area contributed by atoms with Crippen molar-refractivity contribution in [3.8, 4) is 17.0 Å². The number of carbonyl (C=O) groups is 1. The Morgan fingerprint density at radius 3 is 2.91 bits per heavy atom. The fourth-order valence-electron chi connectivity index (χ4n) is 2.04. The quantitative estimate of drug-likeness (QED) is 0.767. The molecule has 0 aliphatic carbocycles. The third-order valence-electron chi connectivity index (χ3n) is 3.19. The van der Waals surface area contributed by atoms with Gasteiger partial charge in [0.2, 0.25) is 0 Å². The van der Waals surface area contributed by atoms with Crippen LogP contribution in [-0.2, 0) is 0 Å². The SMILES string of the molecule is COc1ccccc1NC(=O)c1nc(-c2ccoc2)cnc1N.[HH]. The molecule has 2 aromatic heterocycles. The zero-order chi connectivity index (χ0) is 16.2. The average Bonchev–Trinajstić information content (AvgIpc) is 3.10. The molecule has 0 bridgehead atoms. The lowest BCUT2D eigenvalue weighted by molar-refractivity contribution is 0.102. The number of amides is 1. The molecule has 0 saturated carbocycles. The molecule has 7 heteroatoms. The summed E-state index contributed by atoms with van der Waals surface area (Å²) >= 11 is 0. The van der Waals surface area contributed by atoms with Crippen LogP contribution in [0.25, 0.3) is 11.3 Å². The number of hydrogen-bond donors (Lipinski definition) is 2. The van der Waals surface area contributed by atoms with E-state index in [2.05, 4.69) is 15.3 Å². The maximum Gasteiger partial charge on any atom is 0.278 e. The summed E-state index contributed by atoms with van der Waals surface area (Å²) < 4.78 is 10.2. The molecule has 0 aliphatic heterocycles. The van der Waals surface area contributed by atoms with Crippen LogP contribution in [-0.4, -0.2) is 23.0 Å². The van der Waals surface area contributed by atoms with Crippen molar-refractivity contribution in [2.75, 3.05) is 18.2 Å². The minimum Gasteiger partial charge on any atom is -0.495 e. The van der Waals surface area contributed by atoms with Crippen molar-refractivity contribution in [1.82, 2.24) is 9.97 Å². The van der Waals surface area contributed by atoms with Crippen LogP contribution in [0.4, 0.5) is 11.5 Å². The first-order valence-corrected chi connectivity index (χ1v) is 6.78. The van der Waals surface area contributed by atoms with E-state index in [1.165, 1.54) is 25.8 Å². The van der Waals surface area contributed by atoms with E-state index in [4.69, 9.17) is 14.9 Å². The van der Waals surface area contributed by atoms with Crippen LogP contribution in [0.2, 0.25) is 0 Å². The highest BCUT2D eigenvalue weighted by Crippen LogP contribution is 2.24. The number of rotatable bonds is 4. The normalized spacial score (nSPS) is 10.3. The van der Waals surface area contributed by atoms with E-state index in [1.807, 2.05) is 6.07 Å². The molecule has 1 amide bonds. The number of para-hydroxylation sites is 2. The number of nitrogen functional groups attached to an aromatic ring is 1. The Morgan fingerprint density at radius 1 is 1.35 bits per heavy atom. The lowest BCUT2D eigenvalue weighted by Gasteiger charge is -2.10. The van der Waals surface area contributed by atoms with E-state index in [0.717, 1.165) is 0 Å². The number of aromatic nitrogens is 2. The van der Waals surface area contributed by atoms with Gasteiger partial charge in [0.15, 0.2) is 11.5 Å². The summed E-state index contributed by atoms with van der Waals surface area (Å²) in [5, 5.41) is 2.72. The highest BCUT2D eigenvalue weighted by Gasteiger charge is 2.16. The molecule has 0 atom stereocenters. The maximum absolute atomic E-state index is 12.5. The number of furan rings is 1. The van der Waals surface area contributed by atoms with Gasteiger partial charge < -0.3 is 20.2 Å². The Kier molecular flexibility index (Phi) is 3.92. The molecule has 0 fully saturated rings. The van der Waals surface area contributed by atoms with Crippen molar-refractivity contribution in [1.29, 1.82) is 0 Å². The van der Waals surface area contributed by atoms with Crippen molar-refractivity contribution in [3.63, 3.8) is 0 Å². The van der Waals surface area contributed by atoms with Gasteiger partial charge in [-0.2, -0.15) is 0 Å². The highest BCUT2D eigenvalue weighted by molar-refractivity contribution is 6.06. The summed E-state index contributed by atoms with van der Waals surface area (Å²) in [5.74, 6) is 0.118. The van der Waals surface area contributed by atoms with E-state index in [9.17, 15) is 4.79 Å². The molecule has 0 unspecified atom stereocenters. The molecule has 3 aromatic rings. The van der Waals surface area contributed by atoms with Crippen LogP contribution in [0, 0.1) is 0 Å². The third-order valence-corrected chi connectivity index (χ3v) is 3.19. The molecule has 3 N–H and O–H groups in total. The Hall–Kier alpha value is -3.35. The predicted octanol–water partition coefficient (Wildman–Crippen LogP) is 2.83. The molecule has 118 valence electrons. The Labute approximate surface area is 133 Å². The highest BCUT2D eigenvalue weighted by atomic mass is 16.5. The Morgan fingerprint density at radius 2 is 2.17 bits per heavy atom. The summed E-state index contributed by atoms with van der Waals surface area (Å²) in [6.45, 7) is 0. The number of carbonyl (C=O) groups excluding carboxylic acids is 1.